The number of amides is 1. The summed E-state index contributed by atoms with van der Waals surface area (Å²) in [6.45, 7) is 0. The fourth-order valence-electron chi connectivity index (χ4n) is 2.13. The first kappa shape index (κ1) is 21.2. The van der Waals surface area contributed by atoms with E-state index in [1.165, 1.54) is 22.9 Å². The van der Waals surface area contributed by atoms with Crippen molar-refractivity contribution >= 4 is 46.6 Å². The van der Waals surface area contributed by atoms with Crippen molar-refractivity contribution in [1.29, 1.82) is 0 Å². The van der Waals surface area contributed by atoms with E-state index in [1.807, 2.05) is 0 Å². The number of nitrogens with zero attached hydrogens (tertiary/aromatic N) is 4. The third kappa shape index (κ3) is 5.99. The van der Waals surface area contributed by atoms with Crippen LogP contribution in [0.4, 0.5) is 18.9 Å². The Morgan fingerprint density at radius 3 is 2.59 bits per heavy atom. The van der Waals surface area contributed by atoms with Crippen LogP contribution < -0.4 is 10.1 Å². The zero-order chi connectivity index (χ0) is 21.0. The highest BCUT2D eigenvalue weighted by molar-refractivity contribution is 7.99. The summed E-state index contributed by atoms with van der Waals surface area (Å²) < 4.78 is 41.8. The number of hydrogen-bond donors (Lipinski definition) is 1. The minimum atomic E-state index is -4.78. The van der Waals surface area contributed by atoms with Crippen LogP contribution in [0.5, 0.6) is 5.75 Å². The fourth-order valence-corrected chi connectivity index (χ4v) is 3.16. The number of hydrogen-bond acceptors (Lipinski definition) is 6. The van der Waals surface area contributed by atoms with Gasteiger partial charge in [-0.25, -0.2) is 0 Å². The Hall–Kier alpha value is -2.50. The van der Waals surface area contributed by atoms with Crippen molar-refractivity contribution in [2.24, 2.45) is 0 Å². The summed E-state index contributed by atoms with van der Waals surface area (Å²) in [6, 6.07) is 9.63. The molecule has 7 nitrogen and oxygen atoms in total. The number of carbonyl (C=O) groups excluding carboxylic acids is 1. The highest BCUT2D eigenvalue weighted by atomic mass is 35.5. The van der Waals surface area contributed by atoms with Crippen LogP contribution in [0.3, 0.4) is 0 Å². The number of alkyl halides is 3. The second-order valence-electron chi connectivity index (χ2n) is 5.38. The topological polar surface area (TPSA) is 81.9 Å². The van der Waals surface area contributed by atoms with Gasteiger partial charge in [0.1, 0.15) is 5.75 Å². The average molecular weight is 464 g/mol. The van der Waals surface area contributed by atoms with E-state index in [1.54, 1.807) is 12.1 Å². The van der Waals surface area contributed by atoms with Gasteiger partial charge in [-0.1, -0.05) is 35.0 Å². The number of halogens is 5. The van der Waals surface area contributed by atoms with Crippen LogP contribution in [0.25, 0.3) is 5.69 Å². The van der Waals surface area contributed by atoms with Crippen molar-refractivity contribution in [1.82, 2.24) is 20.2 Å². The van der Waals surface area contributed by atoms with E-state index in [2.05, 4.69) is 25.6 Å². The molecule has 0 bridgehead atoms. The second kappa shape index (κ2) is 8.89. The first-order valence-corrected chi connectivity index (χ1v) is 9.48. The molecule has 1 heterocycles. The highest BCUT2D eigenvalue weighted by Gasteiger charge is 2.31. The Balaban J connectivity index is 1.64. The molecule has 1 amide bonds. The summed E-state index contributed by atoms with van der Waals surface area (Å²) in [5, 5.41) is 14.8. The molecule has 0 aliphatic heterocycles. The number of carbonyl (C=O) groups is 1. The molecule has 3 aromatic rings. The summed E-state index contributed by atoms with van der Waals surface area (Å²) >= 11 is 12.9. The maximum Gasteiger partial charge on any atom is 0.573 e. The summed E-state index contributed by atoms with van der Waals surface area (Å²) in [5.41, 5.74) is 0.759. The van der Waals surface area contributed by atoms with Crippen LogP contribution >= 0.6 is 35.0 Å². The minimum absolute atomic E-state index is 0.0432. The van der Waals surface area contributed by atoms with Crippen LogP contribution in [-0.4, -0.2) is 38.2 Å². The van der Waals surface area contributed by atoms with Crippen LogP contribution in [0, 0.1) is 0 Å². The molecule has 3 rings (SSSR count). The molecular weight excluding hydrogens is 454 g/mol. The van der Waals surface area contributed by atoms with Gasteiger partial charge in [-0.15, -0.1) is 18.3 Å². The lowest BCUT2D eigenvalue weighted by molar-refractivity contribution is -0.274. The molecular formula is C16H10Cl2F3N5O2S. The Morgan fingerprint density at radius 1 is 1.17 bits per heavy atom. The molecule has 0 atom stereocenters. The fraction of sp³-hybridized carbons (Fsp3) is 0.125. The highest BCUT2D eigenvalue weighted by Crippen LogP contribution is 2.27. The number of thioether (sulfide) groups is 1. The minimum Gasteiger partial charge on any atom is -0.406 e. The standard InChI is InChI=1S/C16H10Cl2F3N5O2S/c17-9-1-6-12(18)13(7-9)22-14(27)8-29-15-23-24-25-26(15)10-2-4-11(5-3-10)28-16(19,20)21/h1-7H,8H2,(H,22,27). The molecule has 0 spiro atoms. The summed E-state index contributed by atoms with van der Waals surface area (Å²) in [6.07, 6.45) is -4.78. The second-order valence-corrected chi connectivity index (χ2v) is 7.16. The molecule has 0 aliphatic carbocycles. The van der Waals surface area contributed by atoms with Gasteiger partial charge in [0.15, 0.2) is 0 Å². The van der Waals surface area contributed by atoms with E-state index in [4.69, 9.17) is 23.2 Å². The Kier molecular flexibility index (Phi) is 6.50. The van der Waals surface area contributed by atoms with Crippen molar-refractivity contribution in [2.75, 3.05) is 11.1 Å². The SMILES string of the molecule is O=C(CSc1nnnn1-c1ccc(OC(F)(F)F)cc1)Nc1cc(Cl)ccc1Cl. The monoisotopic (exact) mass is 463 g/mol. The lowest BCUT2D eigenvalue weighted by Gasteiger charge is -2.10. The molecule has 0 saturated carbocycles. The number of nitrogens with one attached hydrogen (secondary N) is 1. The Bertz CT molecular complexity index is 1010. The Labute approximate surface area is 176 Å². The first-order chi connectivity index (χ1) is 13.7. The molecule has 0 radical (unpaired) electrons. The van der Waals surface area contributed by atoms with Gasteiger partial charge in [0, 0.05) is 5.02 Å². The summed E-state index contributed by atoms with van der Waals surface area (Å²) in [5.74, 6) is -0.790. The van der Waals surface area contributed by atoms with Gasteiger partial charge in [0.25, 0.3) is 0 Å². The molecule has 1 aromatic heterocycles. The zero-order valence-corrected chi connectivity index (χ0v) is 16.5. The van der Waals surface area contributed by atoms with Crippen molar-refractivity contribution in [3.05, 3.63) is 52.5 Å². The van der Waals surface area contributed by atoms with Crippen LogP contribution in [0.2, 0.25) is 10.0 Å². The number of rotatable bonds is 6. The smallest absolute Gasteiger partial charge is 0.406 e. The van der Waals surface area contributed by atoms with Crippen molar-refractivity contribution in [2.45, 2.75) is 11.5 Å². The van der Waals surface area contributed by atoms with Crippen molar-refractivity contribution in [3.63, 3.8) is 0 Å². The van der Waals surface area contributed by atoms with E-state index in [9.17, 15) is 18.0 Å². The molecule has 0 saturated heterocycles. The average Bonchev–Trinajstić information content (AvgIpc) is 3.11. The van der Waals surface area contributed by atoms with Crippen LogP contribution in [0.1, 0.15) is 0 Å². The maximum absolute atomic E-state index is 12.2. The summed E-state index contributed by atoms with van der Waals surface area (Å²) in [4.78, 5) is 12.2. The van der Waals surface area contributed by atoms with Gasteiger partial charge in [-0.05, 0) is 52.9 Å². The van der Waals surface area contributed by atoms with E-state index >= 15 is 0 Å². The molecule has 2 aromatic carbocycles. The van der Waals surface area contributed by atoms with Gasteiger partial charge >= 0.3 is 6.36 Å². The number of benzene rings is 2. The largest absolute Gasteiger partial charge is 0.573 e. The van der Waals surface area contributed by atoms with Gasteiger partial charge in [-0.3, -0.25) is 4.79 Å². The lowest BCUT2D eigenvalue weighted by atomic mass is 10.3. The number of aromatic nitrogens is 4. The third-order valence-electron chi connectivity index (χ3n) is 3.29. The predicted octanol–water partition coefficient (Wildman–Crippen LogP) is 4.60. The summed E-state index contributed by atoms with van der Waals surface area (Å²) in [7, 11) is 0. The zero-order valence-electron chi connectivity index (χ0n) is 14.2. The van der Waals surface area contributed by atoms with E-state index in [-0.39, 0.29) is 22.6 Å². The van der Waals surface area contributed by atoms with Crippen LogP contribution in [0.15, 0.2) is 47.6 Å². The van der Waals surface area contributed by atoms with E-state index in [0.717, 1.165) is 23.9 Å². The Morgan fingerprint density at radius 2 is 1.90 bits per heavy atom. The van der Waals surface area contributed by atoms with E-state index in [0.29, 0.717) is 21.4 Å². The number of ether oxygens (including phenoxy) is 1. The van der Waals surface area contributed by atoms with E-state index < -0.39 is 6.36 Å². The number of anilines is 1. The normalized spacial score (nSPS) is 11.3. The first-order valence-electron chi connectivity index (χ1n) is 7.73. The predicted molar refractivity (Wildman–Crippen MR) is 102 cm³/mol. The van der Waals surface area contributed by atoms with Gasteiger partial charge in [0.05, 0.1) is 22.2 Å². The van der Waals surface area contributed by atoms with Crippen molar-refractivity contribution in [3.8, 4) is 11.4 Å². The molecule has 0 unspecified atom stereocenters. The van der Waals surface area contributed by atoms with Gasteiger partial charge in [0.2, 0.25) is 11.1 Å². The van der Waals surface area contributed by atoms with Gasteiger partial charge in [-0.2, -0.15) is 4.68 Å². The molecule has 13 heteroatoms. The molecule has 152 valence electrons. The molecule has 0 fully saturated rings. The quantitative estimate of drug-likeness (QED) is 0.538. The van der Waals surface area contributed by atoms with Crippen molar-refractivity contribution < 1.29 is 22.7 Å². The molecule has 0 aliphatic rings. The van der Waals surface area contributed by atoms with Gasteiger partial charge < -0.3 is 10.1 Å². The molecule has 1 N–H and O–H groups in total. The maximum atomic E-state index is 12.2. The number of tetrazole rings is 1. The van der Waals surface area contributed by atoms with Crippen LogP contribution in [-0.2, 0) is 4.79 Å². The molecule has 29 heavy (non-hydrogen) atoms. The lowest BCUT2D eigenvalue weighted by Crippen LogP contribution is -2.17. The third-order valence-corrected chi connectivity index (χ3v) is 4.77.